The Labute approximate surface area is 202 Å². The topological polar surface area (TPSA) is 49.9 Å². The molecule has 0 bridgehead atoms. The zero-order valence-corrected chi connectivity index (χ0v) is 19.9. The number of fused-ring (bicyclic) bond motifs is 2. The number of rotatable bonds is 4. The average molecular weight is 479 g/mol. The van der Waals surface area contributed by atoms with Crippen LogP contribution in [-0.2, 0) is 16.2 Å². The minimum absolute atomic E-state index is 0.101. The van der Waals surface area contributed by atoms with E-state index in [0.29, 0.717) is 35.2 Å². The van der Waals surface area contributed by atoms with Crippen molar-refractivity contribution in [3.8, 4) is 5.75 Å². The fourth-order valence-corrected chi connectivity index (χ4v) is 6.08. The van der Waals surface area contributed by atoms with Crippen LogP contribution in [0.1, 0.15) is 27.0 Å². The van der Waals surface area contributed by atoms with E-state index in [1.165, 1.54) is 17.3 Å². The first-order valence-electron chi connectivity index (χ1n) is 10.7. The van der Waals surface area contributed by atoms with Crippen molar-refractivity contribution >= 4 is 40.9 Å². The van der Waals surface area contributed by atoms with Crippen LogP contribution in [0.5, 0.6) is 5.75 Å². The van der Waals surface area contributed by atoms with E-state index in [1.807, 2.05) is 49.4 Å². The summed E-state index contributed by atoms with van der Waals surface area (Å²) in [6.45, 7) is 2.95. The molecule has 168 valence electrons. The molecule has 3 aromatic carbocycles. The van der Waals surface area contributed by atoms with Crippen LogP contribution < -0.4 is 9.64 Å². The summed E-state index contributed by atoms with van der Waals surface area (Å²) in [5.41, 5.74) is 4.31. The van der Waals surface area contributed by atoms with Crippen LogP contribution in [0, 0.1) is 6.92 Å². The van der Waals surface area contributed by atoms with E-state index >= 15 is 0 Å². The van der Waals surface area contributed by atoms with Crippen molar-refractivity contribution in [2.24, 2.45) is 0 Å². The summed E-state index contributed by atoms with van der Waals surface area (Å²) in [5.74, 6) is 1.04. The normalized spacial score (nSPS) is 19.3. The number of anilines is 1. The Morgan fingerprint density at radius 2 is 1.82 bits per heavy atom. The van der Waals surface area contributed by atoms with Gasteiger partial charge in [-0.15, -0.1) is 11.8 Å². The van der Waals surface area contributed by atoms with Crippen LogP contribution in [0.3, 0.4) is 0 Å². The molecule has 0 saturated carbocycles. The Kier molecular flexibility index (Phi) is 5.59. The molecule has 5 nitrogen and oxygen atoms in total. The van der Waals surface area contributed by atoms with Crippen LogP contribution in [0.25, 0.3) is 0 Å². The molecular weight excluding hydrogens is 456 g/mol. The van der Waals surface area contributed by atoms with E-state index in [1.54, 1.807) is 41.2 Å². The zero-order chi connectivity index (χ0) is 23.2. The van der Waals surface area contributed by atoms with Gasteiger partial charge in [0, 0.05) is 28.4 Å². The van der Waals surface area contributed by atoms with Gasteiger partial charge in [0.05, 0.1) is 19.3 Å². The number of carbonyl (C=O) groups excluding carboxylic acids is 2. The summed E-state index contributed by atoms with van der Waals surface area (Å²) < 4.78 is 5.48. The van der Waals surface area contributed by atoms with E-state index in [9.17, 15) is 9.59 Å². The molecule has 2 amide bonds. The quantitative estimate of drug-likeness (QED) is 0.514. The summed E-state index contributed by atoms with van der Waals surface area (Å²) in [7, 11) is 1.60. The highest BCUT2D eigenvalue weighted by Gasteiger charge is 2.59. The number of ether oxygens (including phenoxy) is 1. The van der Waals surface area contributed by atoms with Gasteiger partial charge in [0.25, 0.3) is 11.8 Å². The number of hydrogen-bond donors (Lipinski definition) is 0. The predicted molar refractivity (Wildman–Crippen MR) is 132 cm³/mol. The molecule has 2 aliphatic rings. The summed E-state index contributed by atoms with van der Waals surface area (Å²) >= 11 is 7.53. The van der Waals surface area contributed by atoms with Crippen LogP contribution in [-0.4, -0.2) is 36.1 Å². The summed E-state index contributed by atoms with van der Waals surface area (Å²) in [5, 5.41) is 0.563. The number of thioether (sulfide) groups is 1. The second-order valence-corrected chi connectivity index (χ2v) is 9.94. The number of methoxy groups -OCH3 is 1. The van der Waals surface area contributed by atoms with Crippen LogP contribution in [0.4, 0.5) is 5.69 Å². The van der Waals surface area contributed by atoms with Crippen molar-refractivity contribution in [3.05, 3.63) is 94.0 Å². The minimum atomic E-state index is -1.12. The summed E-state index contributed by atoms with van der Waals surface area (Å²) in [4.78, 5) is 30.1. The standard InChI is InChI=1S/C26H23ClN2O3S/c1-17-3-5-18(6-4-17)16-28-23-12-11-21(32-2)15-22(23)26(25(28)31)29(13-14-33-26)24(30)19-7-9-20(27)10-8-19/h3-12,15H,13-14,16H2,1-2H3/t26-/m1/s1. The third kappa shape index (κ3) is 3.58. The fraction of sp³-hybridized carbons (Fsp3) is 0.231. The molecule has 33 heavy (non-hydrogen) atoms. The van der Waals surface area contributed by atoms with Crippen molar-refractivity contribution in [2.45, 2.75) is 18.3 Å². The molecule has 1 saturated heterocycles. The van der Waals surface area contributed by atoms with E-state index in [0.717, 1.165) is 16.8 Å². The lowest BCUT2D eigenvalue weighted by atomic mass is 10.0. The number of amides is 2. The number of hydrogen-bond acceptors (Lipinski definition) is 4. The molecule has 2 heterocycles. The van der Waals surface area contributed by atoms with Gasteiger partial charge in [0.15, 0.2) is 4.87 Å². The summed E-state index contributed by atoms with van der Waals surface area (Å²) in [6.07, 6.45) is 0. The SMILES string of the molecule is COc1ccc2c(c1)[C@@]1(SCCN1C(=O)c1ccc(Cl)cc1)C(=O)N2Cc1ccc(C)cc1. The smallest absolute Gasteiger partial charge is 0.268 e. The third-order valence-corrected chi connectivity index (χ3v) is 7.87. The van der Waals surface area contributed by atoms with Gasteiger partial charge in [0.2, 0.25) is 0 Å². The number of aryl methyl sites for hydroxylation is 1. The van der Waals surface area contributed by atoms with Crippen molar-refractivity contribution in [3.63, 3.8) is 0 Å². The number of benzene rings is 3. The monoisotopic (exact) mass is 478 g/mol. The highest BCUT2D eigenvalue weighted by atomic mass is 35.5. The van der Waals surface area contributed by atoms with Gasteiger partial charge < -0.3 is 14.5 Å². The maximum atomic E-state index is 14.1. The van der Waals surface area contributed by atoms with Crippen molar-refractivity contribution in [1.82, 2.24) is 4.90 Å². The van der Waals surface area contributed by atoms with Crippen molar-refractivity contribution < 1.29 is 14.3 Å². The molecule has 0 aromatic heterocycles. The van der Waals surface area contributed by atoms with Gasteiger partial charge in [-0.3, -0.25) is 9.59 Å². The number of halogens is 1. The van der Waals surface area contributed by atoms with Crippen molar-refractivity contribution in [2.75, 3.05) is 24.3 Å². The molecule has 5 rings (SSSR count). The molecule has 1 spiro atoms. The molecule has 7 heteroatoms. The van der Waals surface area contributed by atoms with E-state index in [4.69, 9.17) is 16.3 Å². The highest BCUT2D eigenvalue weighted by Crippen LogP contribution is 2.55. The Hall–Kier alpha value is -2.96. The fourth-order valence-electron chi connectivity index (χ4n) is 4.50. The first-order chi connectivity index (χ1) is 15.9. The van der Waals surface area contributed by atoms with E-state index in [2.05, 4.69) is 0 Å². The number of nitrogens with zero attached hydrogens (tertiary/aromatic N) is 2. The molecule has 0 radical (unpaired) electrons. The Morgan fingerprint density at radius 3 is 2.52 bits per heavy atom. The molecule has 2 aliphatic heterocycles. The van der Waals surface area contributed by atoms with Gasteiger partial charge in [-0.1, -0.05) is 41.4 Å². The van der Waals surface area contributed by atoms with Gasteiger partial charge in [-0.25, -0.2) is 0 Å². The van der Waals surface area contributed by atoms with E-state index < -0.39 is 4.87 Å². The van der Waals surface area contributed by atoms with Crippen molar-refractivity contribution in [1.29, 1.82) is 0 Å². The second kappa shape index (κ2) is 8.43. The molecule has 0 N–H and O–H groups in total. The third-order valence-electron chi connectivity index (χ3n) is 6.20. The highest BCUT2D eigenvalue weighted by molar-refractivity contribution is 8.01. The number of carbonyl (C=O) groups is 2. The lowest BCUT2D eigenvalue weighted by Gasteiger charge is -2.33. The second-order valence-electron chi connectivity index (χ2n) is 8.22. The summed E-state index contributed by atoms with van der Waals surface area (Å²) in [6, 6.07) is 20.6. The largest absolute Gasteiger partial charge is 0.497 e. The Bertz CT molecular complexity index is 1230. The van der Waals surface area contributed by atoms with Gasteiger partial charge in [0.1, 0.15) is 5.75 Å². The molecule has 3 aromatic rings. The zero-order valence-electron chi connectivity index (χ0n) is 18.4. The van der Waals surface area contributed by atoms with Gasteiger partial charge in [-0.2, -0.15) is 0 Å². The minimum Gasteiger partial charge on any atom is -0.497 e. The maximum absolute atomic E-state index is 14.1. The maximum Gasteiger partial charge on any atom is 0.268 e. The lowest BCUT2D eigenvalue weighted by molar-refractivity contribution is -0.123. The Balaban J connectivity index is 1.60. The lowest BCUT2D eigenvalue weighted by Crippen LogP contribution is -2.50. The van der Waals surface area contributed by atoms with Crippen LogP contribution in [0.2, 0.25) is 5.02 Å². The molecule has 0 unspecified atom stereocenters. The molecule has 1 fully saturated rings. The van der Waals surface area contributed by atoms with E-state index in [-0.39, 0.29) is 11.8 Å². The predicted octanol–water partition coefficient (Wildman–Crippen LogP) is 5.25. The average Bonchev–Trinajstić information content (AvgIpc) is 3.37. The first kappa shape index (κ1) is 21.9. The molecule has 0 aliphatic carbocycles. The molecule has 1 atom stereocenters. The van der Waals surface area contributed by atoms with Crippen LogP contribution in [0.15, 0.2) is 66.7 Å². The van der Waals surface area contributed by atoms with Gasteiger partial charge >= 0.3 is 0 Å². The van der Waals surface area contributed by atoms with Crippen LogP contribution >= 0.6 is 23.4 Å². The Morgan fingerprint density at radius 1 is 1.09 bits per heavy atom. The van der Waals surface area contributed by atoms with Gasteiger partial charge in [-0.05, 0) is 55.0 Å². The first-order valence-corrected chi connectivity index (χ1v) is 12.1. The molecular formula is C26H23ClN2O3S.